The average molecular weight is 416 g/mol. The van der Waals surface area contributed by atoms with Crippen LogP contribution in [-0.4, -0.2) is 30.4 Å². The first-order chi connectivity index (χ1) is 15.0. The van der Waals surface area contributed by atoms with Crippen LogP contribution in [-0.2, 0) is 13.1 Å². The normalized spacial score (nSPS) is 10.7. The van der Waals surface area contributed by atoms with Gasteiger partial charge in [0.2, 0.25) is 0 Å². The van der Waals surface area contributed by atoms with Crippen LogP contribution in [0.1, 0.15) is 27.0 Å². The highest BCUT2D eigenvalue weighted by molar-refractivity contribution is 6.04. The second-order valence-electron chi connectivity index (χ2n) is 7.16. The van der Waals surface area contributed by atoms with E-state index in [1.54, 1.807) is 41.3 Å². The lowest BCUT2D eigenvalue weighted by molar-refractivity contribution is -0.385. The van der Waals surface area contributed by atoms with Crippen LogP contribution in [0.5, 0.6) is 0 Å². The Labute approximate surface area is 178 Å². The van der Waals surface area contributed by atoms with Crippen molar-refractivity contribution in [2.45, 2.75) is 20.0 Å². The molecule has 0 saturated heterocycles. The Morgan fingerprint density at radius 2 is 1.71 bits per heavy atom. The minimum Gasteiger partial charge on any atom is -0.319 e. The van der Waals surface area contributed by atoms with Crippen LogP contribution < -0.4 is 5.32 Å². The van der Waals surface area contributed by atoms with Crippen LogP contribution in [0.3, 0.4) is 0 Å². The van der Waals surface area contributed by atoms with E-state index in [4.69, 9.17) is 0 Å². The van der Waals surface area contributed by atoms with Crippen molar-refractivity contribution >= 4 is 17.3 Å². The molecule has 9 heteroatoms. The van der Waals surface area contributed by atoms with Crippen LogP contribution in [0.2, 0.25) is 0 Å². The van der Waals surface area contributed by atoms with Crippen molar-refractivity contribution in [3.8, 4) is 0 Å². The van der Waals surface area contributed by atoms with E-state index in [1.807, 2.05) is 12.1 Å². The highest BCUT2D eigenvalue weighted by atomic mass is 16.6. The minimum atomic E-state index is -0.486. The minimum absolute atomic E-state index is 0.0565. The first-order valence-corrected chi connectivity index (χ1v) is 9.62. The van der Waals surface area contributed by atoms with Gasteiger partial charge >= 0.3 is 5.69 Å². The van der Waals surface area contributed by atoms with Gasteiger partial charge in [-0.1, -0.05) is 36.4 Å². The van der Waals surface area contributed by atoms with E-state index in [0.29, 0.717) is 24.3 Å². The number of benzene rings is 2. The summed E-state index contributed by atoms with van der Waals surface area (Å²) in [6, 6.07) is 15.1. The summed E-state index contributed by atoms with van der Waals surface area (Å²) < 4.78 is 3.26. The van der Waals surface area contributed by atoms with Crippen LogP contribution in [0, 0.1) is 17.0 Å². The number of carbonyl (C=O) groups excluding carboxylic acids is 1. The first-order valence-electron chi connectivity index (χ1n) is 9.62. The van der Waals surface area contributed by atoms with Gasteiger partial charge in [0.25, 0.3) is 5.91 Å². The second kappa shape index (κ2) is 8.62. The number of nitro groups is 1. The molecule has 31 heavy (non-hydrogen) atoms. The zero-order valence-electron chi connectivity index (χ0n) is 16.8. The van der Waals surface area contributed by atoms with Gasteiger partial charge in [-0.05, 0) is 35.7 Å². The van der Waals surface area contributed by atoms with Crippen molar-refractivity contribution in [1.82, 2.24) is 19.6 Å². The molecule has 0 saturated carbocycles. The zero-order chi connectivity index (χ0) is 21.8. The number of rotatable bonds is 7. The molecule has 0 spiro atoms. The predicted molar refractivity (Wildman–Crippen MR) is 115 cm³/mol. The largest absolute Gasteiger partial charge is 0.319 e. The molecule has 2 aromatic carbocycles. The number of nitrogens with one attached hydrogen (secondary N) is 1. The quantitative estimate of drug-likeness (QED) is 0.365. The molecule has 2 aromatic heterocycles. The van der Waals surface area contributed by atoms with Gasteiger partial charge in [0, 0.05) is 11.8 Å². The summed E-state index contributed by atoms with van der Waals surface area (Å²) in [5.41, 5.74) is 4.29. The van der Waals surface area contributed by atoms with Crippen molar-refractivity contribution in [3.63, 3.8) is 0 Å². The van der Waals surface area contributed by atoms with Crippen LogP contribution >= 0.6 is 0 Å². The number of amides is 1. The van der Waals surface area contributed by atoms with E-state index in [1.165, 1.54) is 28.2 Å². The Morgan fingerprint density at radius 3 is 2.42 bits per heavy atom. The first kappa shape index (κ1) is 20.0. The number of aryl methyl sites for hydroxylation is 1. The lowest BCUT2D eigenvalue weighted by atomic mass is 10.1. The van der Waals surface area contributed by atoms with Gasteiger partial charge < -0.3 is 5.32 Å². The molecule has 4 aromatic rings. The number of carbonyl (C=O) groups is 1. The fourth-order valence-electron chi connectivity index (χ4n) is 3.16. The maximum absolute atomic E-state index is 12.5. The number of hydrogen-bond acceptors (Lipinski definition) is 5. The zero-order valence-corrected chi connectivity index (χ0v) is 16.8. The summed E-state index contributed by atoms with van der Waals surface area (Å²) in [5, 5.41) is 21.9. The van der Waals surface area contributed by atoms with Gasteiger partial charge in [0.15, 0.2) is 0 Å². The molecule has 0 radical (unpaired) electrons. The third kappa shape index (κ3) is 4.84. The van der Waals surface area contributed by atoms with Crippen LogP contribution in [0.25, 0.3) is 0 Å². The van der Waals surface area contributed by atoms with E-state index < -0.39 is 4.92 Å². The molecular weight excluding hydrogens is 396 g/mol. The summed E-state index contributed by atoms with van der Waals surface area (Å²) in [6.07, 6.45) is 5.99. The van der Waals surface area contributed by atoms with Gasteiger partial charge in [0.1, 0.15) is 12.4 Å². The van der Waals surface area contributed by atoms with Crippen molar-refractivity contribution < 1.29 is 9.72 Å². The Morgan fingerprint density at radius 1 is 1.00 bits per heavy atom. The molecule has 0 unspecified atom stereocenters. The summed E-state index contributed by atoms with van der Waals surface area (Å²) in [4.78, 5) is 22.8. The van der Waals surface area contributed by atoms with Crippen molar-refractivity contribution in [2.75, 3.05) is 5.32 Å². The van der Waals surface area contributed by atoms with Crippen molar-refractivity contribution in [3.05, 3.63) is 106 Å². The van der Waals surface area contributed by atoms with E-state index in [0.717, 1.165) is 5.56 Å². The molecule has 0 aliphatic heterocycles. The molecule has 156 valence electrons. The van der Waals surface area contributed by atoms with E-state index >= 15 is 0 Å². The van der Waals surface area contributed by atoms with Gasteiger partial charge in [-0.15, -0.1) is 0 Å². The summed E-state index contributed by atoms with van der Waals surface area (Å²) in [6.45, 7) is 3.06. The molecule has 1 amide bonds. The highest BCUT2D eigenvalue weighted by Crippen LogP contribution is 2.14. The number of hydrogen-bond donors (Lipinski definition) is 1. The summed E-state index contributed by atoms with van der Waals surface area (Å²) in [5.74, 6) is -0.239. The molecule has 1 N–H and O–H groups in total. The molecule has 0 aliphatic rings. The monoisotopic (exact) mass is 416 g/mol. The van der Waals surface area contributed by atoms with E-state index in [2.05, 4.69) is 34.6 Å². The van der Waals surface area contributed by atoms with Gasteiger partial charge in [-0.25, -0.2) is 0 Å². The smallest absolute Gasteiger partial charge is 0.307 e. The van der Waals surface area contributed by atoms with Crippen LogP contribution in [0.4, 0.5) is 11.4 Å². The summed E-state index contributed by atoms with van der Waals surface area (Å²) >= 11 is 0. The maximum Gasteiger partial charge on any atom is 0.307 e. The lowest BCUT2D eigenvalue weighted by Crippen LogP contribution is -2.11. The highest BCUT2D eigenvalue weighted by Gasteiger charge is 2.11. The van der Waals surface area contributed by atoms with Crippen molar-refractivity contribution in [1.29, 1.82) is 0 Å². The molecule has 0 bridgehead atoms. The molecule has 0 aliphatic carbocycles. The molecule has 2 heterocycles. The fourth-order valence-corrected chi connectivity index (χ4v) is 3.16. The Bertz CT molecular complexity index is 1230. The predicted octanol–water partition coefficient (Wildman–Crippen LogP) is 3.65. The van der Waals surface area contributed by atoms with E-state index in [9.17, 15) is 14.9 Å². The Hall–Kier alpha value is -4.27. The molecule has 0 fully saturated rings. The molecule has 9 nitrogen and oxygen atoms in total. The topological polar surface area (TPSA) is 108 Å². The lowest BCUT2D eigenvalue weighted by Gasteiger charge is -2.06. The number of nitrogens with zero attached hydrogens (tertiary/aromatic N) is 5. The fraction of sp³-hybridized carbons (Fsp3) is 0.136. The summed E-state index contributed by atoms with van der Waals surface area (Å²) in [7, 11) is 0. The van der Waals surface area contributed by atoms with Crippen LogP contribution in [0.15, 0.2) is 73.3 Å². The third-order valence-corrected chi connectivity index (χ3v) is 4.88. The van der Waals surface area contributed by atoms with Gasteiger partial charge in [0.05, 0.1) is 29.9 Å². The molecule has 4 rings (SSSR count). The number of anilines is 1. The third-order valence-electron chi connectivity index (χ3n) is 4.88. The van der Waals surface area contributed by atoms with Gasteiger partial charge in [-0.2, -0.15) is 10.2 Å². The molecule has 0 atom stereocenters. The maximum atomic E-state index is 12.5. The average Bonchev–Trinajstić information content (AvgIpc) is 3.40. The van der Waals surface area contributed by atoms with E-state index in [-0.39, 0.29) is 11.6 Å². The van der Waals surface area contributed by atoms with Crippen molar-refractivity contribution in [2.24, 2.45) is 0 Å². The second-order valence-corrected chi connectivity index (χ2v) is 7.16. The molecular formula is C22H20N6O3. The number of aromatic nitrogens is 4. The Balaban J connectivity index is 1.37. The van der Waals surface area contributed by atoms with Gasteiger partial charge in [-0.3, -0.25) is 24.3 Å². The standard InChI is InChI=1S/C22H20N6O3/c1-16-4-2-3-5-19(16)13-27-14-20(10-23-27)25-22(29)18-8-6-17(7-9-18)12-26-15-21(11-24-26)28(30)31/h2-11,14-15H,12-13H2,1H3,(H,25,29). The Kier molecular flexibility index (Phi) is 5.57. The SMILES string of the molecule is Cc1ccccc1Cn1cc(NC(=O)c2ccc(Cn3cc([N+](=O)[O-])cn3)cc2)cn1.